The number of imide groups is 1. The van der Waals surface area contributed by atoms with Gasteiger partial charge in [-0.15, -0.1) is 0 Å². The summed E-state index contributed by atoms with van der Waals surface area (Å²) in [5.41, 5.74) is -1.31. The van der Waals surface area contributed by atoms with Crippen LogP contribution in [0.3, 0.4) is 0 Å². The highest BCUT2D eigenvalue weighted by atomic mass is 19.4. The van der Waals surface area contributed by atoms with E-state index in [4.69, 9.17) is 0 Å². The number of amides is 2. The molecule has 1 heterocycles. The Morgan fingerprint density at radius 3 is 2.12 bits per heavy atom. The second-order valence-corrected chi connectivity index (χ2v) is 6.86. The molecule has 0 radical (unpaired) electrons. The number of nitrogens with one attached hydrogen (secondary N) is 1. The summed E-state index contributed by atoms with van der Waals surface area (Å²) in [5.74, 6) is -4.17. The van der Waals surface area contributed by atoms with Crippen molar-refractivity contribution in [3.05, 3.63) is 101 Å². The molecule has 0 spiro atoms. The summed E-state index contributed by atoms with van der Waals surface area (Å²) in [7, 11) is 0. The molecule has 1 N–H and O–H groups in total. The molecule has 0 unspecified atom stereocenters. The third-order valence-corrected chi connectivity index (χ3v) is 4.77. The van der Waals surface area contributed by atoms with E-state index in [-0.39, 0.29) is 22.6 Å². The summed E-state index contributed by atoms with van der Waals surface area (Å²) in [6.07, 6.45) is -4.61. The minimum atomic E-state index is -4.61. The largest absolute Gasteiger partial charge is 0.416 e. The van der Waals surface area contributed by atoms with Gasteiger partial charge in [0.25, 0.3) is 11.8 Å². The Morgan fingerprint density at radius 1 is 0.750 bits per heavy atom. The summed E-state index contributed by atoms with van der Waals surface area (Å²) >= 11 is 0. The fourth-order valence-electron chi connectivity index (χ4n) is 3.29. The maximum atomic E-state index is 13.7. The number of alkyl halides is 3. The predicted octanol–water partition coefficient (Wildman–Crippen LogP) is 5.38. The molecule has 162 valence electrons. The van der Waals surface area contributed by atoms with Gasteiger partial charge in [-0.3, -0.25) is 9.59 Å². The lowest BCUT2D eigenvalue weighted by Gasteiger charge is -2.16. The first-order valence-corrected chi connectivity index (χ1v) is 9.24. The van der Waals surface area contributed by atoms with Gasteiger partial charge in [-0.25, -0.2) is 13.7 Å². The van der Waals surface area contributed by atoms with E-state index in [1.807, 2.05) is 0 Å². The normalized spacial score (nSPS) is 14.3. The zero-order valence-corrected chi connectivity index (χ0v) is 16.1. The van der Waals surface area contributed by atoms with Gasteiger partial charge in [-0.2, -0.15) is 13.2 Å². The van der Waals surface area contributed by atoms with Gasteiger partial charge in [0.1, 0.15) is 5.70 Å². The van der Waals surface area contributed by atoms with Crippen molar-refractivity contribution in [1.82, 2.24) is 0 Å². The molecule has 4 rings (SSSR count). The Bertz CT molecular complexity index is 1250. The van der Waals surface area contributed by atoms with E-state index < -0.39 is 35.2 Å². The van der Waals surface area contributed by atoms with Gasteiger partial charge in [-0.1, -0.05) is 36.4 Å². The summed E-state index contributed by atoms with van der Waals surface area (Å²) in [6, 6.07) is 14.6. The number of carbonyl (C=O) groups is 2. The number of carbonyl (C=O) groups excluding carboxylic acids is 2. The molecule has 0 atom stereocenters. The lowest BCUT2D eigenvalue weighted by Crippen LogP contribution is -2.32. The van der Waals surface area contributed by atoms with Crippen LogP contribution < -0.4 is 10.2 Å². The molecule has 0 bridgehead atoms. The maximum Gasteiger partial charge on any atom is 0.416 e. The molecule has 0 aromatic heterocycles. The van der Waals surface area contributed by atoms with Crippen molar-refractivity contribution in [2.24, 2.45) is 0 Å². The first-order chi connectivity index (χ1) is 15.2. The van der Waals surface area contributed by atoms with E-state index in [1.54, 1.807) is 30.3 Å². The number of nitrogens with zero attached hydrogens (tertiary/aromatic N) is 1. The van der Waals surface area contributed by atoms with Gasteiger partial charge in [0, 0.05) is 11.8 Å². The van der Waals surface area contributed by atoms with Crippen molar-refractivity contribution in [3.8, 4) is 0 Å². The average Bonchev–Trinajstić information content (AvgIpc) is 3.00. The van der Waals surface area contributed by atoms with E-state index in [2.05, 4.69) is 5.32 Å². The lowest BCUT2D eigenvalue weighted by atomic mass is 10.0. The highest BCUT2D eigenvalue weighted by molar-refractivity contribution is 6.46. The fraction of sp³-hybridized carbons (Fsp3) is 0.0435. The molecule has 0 aliphatic carbocycles. The van der Waals surface area contributed by atoms with Gasteiger partial charge in [-0.05, 0) is 35.9 Å². The van der Waals surface area contributed by atoms with Crippen molar-refractivity contribution < 1.29 is 31.5 Å². The molecule has 2 amide bonds. The molecular weight excluding hydrogens is 431 g/mol. The summed E-state index contributed by atoms with van der Waals surface area (Å²) in [4.78, 5) is 26.9. The Morgan fingerprint density at radius 2 is 1.47 bits per heavy atom. The number of benzene rings is 3. The molecule has 32 heavy (non-hydrogen) atoms. The van der Waals surface area contributed by atoms with Crippen molar-refractivity contribution in [2.45, 2.75) is 6.18 Å². The van der Waals surface area contributed by atoms with E-state index in [0.717, 1.165) is 30.3 Å². The minimum Gasteiger partial charge on any atom is -0.350 e. The third kappa shape index (κ3) is 3.84. The monoisotopic (exact) mass is 444 g/mol. The van der Waals surface area contributed by atoms with Gasteiger partial charge in [0.2, 0.25) is 0 Å². The third-order valence-electron chi connectivity index (χ3n) is 4.77. The number of hydrogen-bond donors (Lipinski definition) is 1. The van der Waals surface area contributed by atoms with Crippen LogP contribution in [-0.2, 0) is 15.8 Å². The highest BCUT2D eigenvalue weighted by Crippen LogP contribution is 2.35. The molecule has 3 aromatic rings. The second kappa shape index (κ2) is 7.92. The Labute approximate surface area is 178 Å². The second-order valence-electron chi connectivity index (χ2n) is 6.86. The number of rotatable bonds is 4. The molecule has 9 heteroatoms. The van der Waals surface area contributed by atoms with Crippen LogP contribution in [-0.4, -0.2) is 11.8 Å². The molecule has 0 saturated heterocycles. The van der Waals surface area contributed by atoms with Crippen LogP contribution >= 0.6 is 0 Å². The smallest absolute Gasteiger partial charge is 0.350 e. The quantitative estimate of drug-likeness (QED) is 0.434. The van der Waals surface area contributed by atoms with Gasteiger partial charge in [0.15, 0.2) is 11.6 Å². The molecule has 0 fully saturated rings. The van der Waals surface area contributed by atoms with Crippen LogP contribution in [0.4, 0.5) is 33.3 Å². The topological polar surface area (TPSA) is 49.4 Å². The summed E-state index contributed by atoms with van der Waals surface area (Å²) in [6.45, 7) is 0. The van der Waals surface area contributed by atoms with Gasteiger partial charge < -0.3 is 5.32 Å². The Hall–Kier alpha value is -4.01. The summed E-state index contributed by atoms with van der Waals surface area (Å²) < 4.78 is 66.3. The molecular formula is C23H13F5N2O2. The zero-order valence-electron chi connectivity index (χ0n) is 16.1. The van der Waals surface area contributed by atoms with Crippen LogP contribution in [0, 0.1) is 11.6 Å². The van der Waals surface area contributed by atoms with Crippen molar-refractivity contribution in [3.63, 3.8) is 0 Å². The van der Waals surface area contributed by atoms with Crippen LogP contribution in [0.2, 0.25) is 0 Å². The van der Waals surface area contributed by atoms with E-state index >= 15 is 0 Å². The van der Waals surface area contributed by atoms with Crippen molar-refractivity contribution >= 4 is 28.8 Å². The minimum absolute atomic E-state index is 0.0726. The number of halogens is 5. The van der Waals surface area contributed by atoms with Crippen LogP contribution in [0.1, 0.15) is 11.1 Å². The van der Waals surface area contributed by atoms with E-state index in [1.165, 1.54) is 6.07 Å². The van der Waals surface area contributed by atoms with Gasteiger partial charge in [0.05, 0.1) is 16.8 Å². The van der Waals surface area contributed by atoms with Gasteiger partial charge >= 0.3 is 6.18 Å². The maximum absolute atomic E-state index is 13.7. The Kier molecular flexibility index (Phi) is 5.25. The van der Waals surface area contributed by atoms with E-state index in [0.29, 0.717) is 16.5 Å². The van der Waals surface area contributed by atoms with Crippen LogP contribution in [0.25, 0.3) is 5.57 Å². The lowest BCUT2D eigenvalue weighted by molar-refractivity contribution is -0.137. The fourth-order valence-corrected chi connectivity index (χ4v) is 3.29. The number of hydrogen-bond acceptors (Lipinski definition) is 3. The van der Waals surface area contributed by atoms with Crippen molar-refractivity contribution in [1.29, 1.82) is 0 Å². The molecule has 0 saturated carbocycles. The Balaban J connectivity index is 1.81. The standard InChI is InChI=1S/C23H13F5N2O2/c24-17-10-9-16(12-18(17)25)30-21(31)19(13-5-2-1-3-6-13)20(22(30)32)29-15-8-4-7-14(11-15)23(26,27)28/h1-12,29H. The number of anilines is 2. The average molecular weight is 444 g/mol. The van der Waals surface area contributed by atoms with Crippen LogP contribution in [0.5, 0.6) is 0 Å². The van der Waals surface area contributed by atoms with Crippen LogP contribution in [0.15, 0.2) is 78.5 Å². The molecule has 4 nitrogen and oxygen atoms in total. The molecule has 1 aliphatic rings. The highest BCUT2D eigenvalue weighted by Gasteiger charge is 2.40. The summed E-state index contributed by atoms with van der Waals surface area (Å²) in [5, 5.41) is 2.61. The SMILES string of the molecule is O=C1C(Nc2cccc(C(F)(F)F)c2)=C(c2ccccc2)C(=O)N1c1ccc(F)c(F)c1. The zero-order chi connectivity index (χ0) is 23.0. The van der Waals surface area contributed by atoms with Crippen molar-refractivity contribution in [2.75, 3.05) is 10.2 Å². The molecule has 3 aromatic carbocycles. The first kappa shape index (κ1) is 21.2. The van der Waals surface area contributed by atoms with E-state index in [9.17, 15) is 31.5 Å². The molecule has 1 aliphatic heterocycles. The predicted molar refractivity (Wildman–Crippen MR) is 107 cm³/mol. The first-order valence-electron chi connectivity index (χ1n) is 9.24.